The number of hydrogen-bond donors (Lipinski definition) is 0. The number of rotatable bonds is 4. The third-order valence-electron chi connectivity index (χ3n) is 3.60. The number of nitrogens with zero attached hydrogens (tertiary/aromatic N) is 3. The largest absolute Gasteiger partial charge is 0.486 e. The summed E-state index contributed by atoms with van der Waals surface area (Å²) in [5.41, 5.74) is 1.06. The van der Waals surface area contributed by atoms with Crippen LogP contribution in [0.3, 0.4) is 0 Å². The lowest BCUT2D eigenvalue weighted by Crippen LogP contribution is -2.15. The summed E-state index contributed by atoms with van der Waals surface area (Å²) in [6.07, 6.45) is 0. The molecule has 8 heteroatoms. The van der Waals surface area contributed by atoms with Gasteiger partial charge in [-0.1, -0.05) is 29.4 Å². The van der Waals surface area contributed by atoms with Crippen molar-refractivity contribution in [2.24, 2.45) is 7.05 Å². The van der Waals surface area contributed by atoms with Crippen LogP contribution in [0.15, 0.2) is 34.8 Å². The Kier molecular flexibility index (Phi) is 4.39. The summed E-state index contributed by atoms with van der Waals surface area (Å²) in [5.74, 6) is 2.96. The predicted molar refractivity (Wildman–Crippen MR) is 96.3 cm³/mol. The van der Waals surface area contributed by atoms with E-state index in [0.717, 1.165) is 27.2 Å². The number of ether oxygens (including phenoxy) is 2. The Morgan fingerprint density at radius 1 is 1.29 bits per heavy atom. The molecule has 0 bridgehead atoms. The van der Waals surface area contributed by atoms with E-state index in [2.05, 4.69) is 10.2 Å². The van der Waals surface area contributed by atoms with Crippen LogP contribution in [0, 0.1) is 0 Å². The molecule has 1 aromatic carbocycles. The number of hydrogen-bond acceptors (Lipinski definition) is 6. The zero-order chi connectivity index (χ0) is 16.5. The second kappa shape index (κ2) is 6.66. The molecular formula is C16H14ClN3O2S2. The van der Waals surface area contributed by atoms with Gasteiger partial charge >= 0.3 is 0 Å². The number of benzene rings is 1. The van der Waals surface area contributed by atoms with Crippen molar-refractivity contribution in [3.63, 3.8) is 0 Å². The van der Waals surface area contributed by atoms with Gasteiger partial charge in [0.2, 0.25) is 0 Å². The van der Waals surface area contributed by atoms with Crippen molar-refractivity contribution in [1.82, 2.24) is 14.8 Å². The van der Waals surface area contributed by atoms with Gasteiger partial charge in [-0.15, -0.1) is 21.5 Å². The number of fused-ring (bicyclic) bond motifs is 1. The SMILES string of the molecule is Cn1c(SCc2cc(Cl)c3c(c2)OCCO3)nnc1-c1cccs1. The smallest absolute Gasteiger partial charge is 0.191 e. The molecule has 0 fully saturated rings. The van der Waals surface area contributed by atoms with E-state index in [1.54, 1.807) is 23.1 Å². The van der Waals surface area contributed by atoms with E-state index in [1.807, 2.05) is 41.3 Å². The van der Waals surface area contributed by atoms with Crippen molar-refractivity contribution in [2.45, 2.75) is 10.9 Å². The molecule has 0 saturated heterocycles. The second-order valence-corrected chi connectivity index (χ2v) is 7.53. The molecule has 0 atom stereocenters. The molecule has 3 aromatic rings. The van der Waals surface area contributed by atoms with Gasteiger partial charge in [-0.2, -0.15) is 0 Å². The number of thiophene rings is 1. The van der Waals surface area contributed by atoms with E-state index in [1.165, 1.54) is 0 Å². The van der Waals surface area contributed by atoms with Gasteiger partial charge in [0.25, 0.3) is 0 Å². The molecular weight excluding hydrogens is 366 g/mol. The van der Waals surface area contributed by atoms with Crippen LogP contribution in [0.1, 0.15) is 5.56 Å². The maximum Gasteiger partial charge on any atom is 0.191 e. The molecule has 0 radical (unpaired) electrons. The minimum absolute atomic E-state index is 0.533. The van der Waals surface area contributed by atoms with Crippen LogP contribution in [-0.2, 0) is 12.8 Å². The molecule has 0 unspecified atom stereocenters. The topological polar surface area (TPSA) is 49.2 Å². The fraction of sp³-hybridized carbons (Fsp3) is 0.250. The minimum Gasteiger partial charge on any atom is -0.486 e. The predicted octanol–water partition coefficient (Wildman–Crippen LogP) is 4.26. The molecule has 4 rings (SSSR count). The molecule has 0 saturated carbocycles. The Bertz CT molecular complexity index is 865. The average molecular weight is 380 g/mol. The molecule has 2 aromatic heterocycles. The van der Waals surface area contributed by atoms with E-state index in [4.69, 9.17) is 21.1 Å². The molecule has 1 aliphatic rings. The van der Waals surface area contributed by atoms with E-state index in [-0.39, 0.29) is 0 Å². The summed E-state index contributed by atoms with van der Waals surface area (Å²) in [7, 11) is 1.98. The monoisotopic (exact) mass is 379 g/mol. The van der Waals surface area contributed by atoms with Gasteiger partial charge in [-0.3, -0.25) is 0 Å². The highest BCUT2D eigenvalue weighted by Gasteiger charge is 2.17. The molecule has 5 nitrogen and oxygen atoms in total. The Hall–Kier alpha value is -1.70. The minimum atomic E-state index is 0.533. The van der Waals surface area contributed by atoms with Gasteiger partial charge < -0.3 is 14.0 Å². The molecule has 0 aliphatic carbocycles. The first-order valence-electron chi connectivity index (χ1n) is 7.36. The van der Waals surface area contributed by atoms with Crippen LogP contribution in [0.4, 0.5) is 0 Å². The molecule has 0 spiro atoms. The average Bonchev–Trinajstić information content (AvgIpc) is 3.23. The van der Waals surface area contributed by atoms with Crippen LogP contribution in [-0.4, -0.2) is 28.0 Å². The standard InChI is InChI=1S/C16H14ClN3O2S2/c1-20-15(13-3-2-6-23-13)18-19-16(20)24-9-10-7-11(17)14-12(8-10)21-4-5-22-14/h2-3,6-8H,4-5,9H2,1H3. The van der Waals surface area contributed by atoms with Crippen molar-refractivity contribution in [3.8, 4) is 22.2 Å². The lowest BCUT2D eigenvalue weighted by molar-refractivity contribution is 0.171. The molecule has 0 amide bonds. The van der Waals surface area contributed by atoms with Crippen molar-refractivity contribution in [1.29, 1.82) is 0 Å². The third kappa shape index (κ3) is 2.99. The van der Waals surface area contributed by atoms with Crippen molar-refractivity contribution >= 4 is 34.7 Å². The number of thioether (sulfide) groups is 1. The summed E-state index contributed by atoms with van der Waals surface area (Å²) in [6.45, 7) is 1.08. The zero-order valence-corrected chi connectivity index (χ0v) is 15.2. The van der Waals surface area contributed by atoms with E-state index >= 15 is 0 Å². The van der Waals surface area contributed by atoms with Crippen LogP contribution < -0.4 is 9.47 Å². The zero-order valence-electron chi connectivity index (χ0n) is 12.9. The summed E-state index contributed by atoms with van der Waals surface area (Å²) < 4.78 is 13.2. The lowest BCUT2D eigenvalue weighted by Gasteiger charge is -2.20. The normalized spacial score (nSPS) is 13.2. The van der Waals surface area contributed by atoms with Gasteiger partial charge in [0.1, 0.15) is 13.2 Å². The van der Waals surface area contributed by atoms with E-state index < -0.39 is 0 Å². The first-order chi connectivity index (χ1) is 11.7. The maximum atomic E-state index is 6.29. The summed E-state index contributed by atoms with van der Waals surface area (Å²) in [6, 6.07) is 7.95. The van der Waals surface area contributed by atoms with Gasteiger partial charge in [-0.05, 0) is 29.1 Å². The Balaban J connectivity index is 1.52. The molecule has 24 heavy (non-hydrogen) atoms. The van der Waals surface area contributed by atoms with Crippen molar-refractivity contribution in [3.05, 3.63) is 40.2 Å². The van der Waals surface area contributed by atoms with E-state index in [9.17, 15) is 0 Å². The quantitative estimate of drug-likeness (QED) is 0.634. The van der Waals surface area contributed by atoms with Crippen LogP contribution in [0.5, 0.6) is 11.5 Å². The van der Waals surface area contributed by atoms with Crippen LogP contribution >= 0.6 is 34.7 Å². The fourth-order valence-electron chi connectivity index (χ4n) is 2.46. The third-order valence-corrected chi connectivity index (χ3v) is 5.84. The Labute approximate surface area is 152 Å². The maximum absolute atomic E-state index is 6.29. The van der Waals surface area contributed by atoms with Crippen molar-refractivity contribution < 1.29 is 9.47 Å². The van der Waals surface area contributed by atoms with Crippen LogP contribution in [0.2, 0.25) is 5.02 Å². The molecule has 0 N–H and O–H groups in total. The summed E-state index contributed by atoms with van der Waals surface area (Å²) in [4.78, 5) is 1.11. The lowest BCUT2D eigenvalue weighted by atomic mass is 10.2. The molecule has 1 aliphatic heterocycles. The molecule has 124 valence electrons. The highest BCUT2D eigenvalue weighted by Crippen LogP contribution is 2.39. The summed E-state index contributed by atoms with van der Waals surface area (Å²) in [5, 5.41) is 12.1. The molecule has 3 heterocycles. The van der Waals surface area contributed by atoms with Crippen molar-refractivity contribution in [2.75, 3.05) is 13.2 Å². The highest BCUT2D eigenvalue weighted by molar-refractivity contribution is 7.98. The second-order valence-electron chi connectivity index (χ2n) is 5.23. The Morgan fingerprint density at radius 3 is 3.00 bits per heavy atom. The number of aromatic nitrogens is 3. The highest BCUT2D eigenvalue weighted by atomic mass is 35.5. The summed E-state index contributed by atoms with van der Waals surface area (Å²) >= 11 is 9.56. The first-order valence-corrected chi connectivity index (χ1v) is 9.61. The van der Waals surface area contributed by atoms with Gasteiger partial charge in [0.15, 0.2) is 22.5 Å². The van der Waals surface area contributed by atoms with Gasteiger partial charge in [-0.25, -0.2) is 0 Å². The van der Waals surface area contributed by atoms with E-state index in [0.29, 0.717) is 29.7 Å². The van der Waals surface area contributed by atoms with Gasteiger partial charge in [0.05, 0.1) is 9.90 Å². The first kappa shape index (κ1) is 15.8. The number of halogens is 1. The Morgan fingerprint density at radius 2 is 2.17 bits per heavy atom. The van der Waals surface area contributed by atoms with Gasteiger partial charge in [0, 0.05) is 12.8 Å². The fourth-order valence-corrected chi connectivity index (χ4v) is 4.33. The van der Waals surface area contributed by atoms with Crippen LogP contribution in [0.25, 0.3) is 10.7 Å².